The first-order valence-corrected chi connectivity index (χ1v) is 8.30. The van der Waals surface area contributed by atoms with Crippen LogP contribution in [-0.2, 0) is 17.9 Å². The van der Waals surface area contributed by atoms with Crippen LogP contribution in [0.1, 0.15) is 28.9 Å². The number of aromatic nitrogens is 1. The molecule has 1 aromatic rings. The fraction of sp³-hybridized carbons (Fsp3) is 0.444. The highest BCUT2D eigenvalue weighted by atomic mass is 16.2. The molecule has 0 radical (unpaired) electrons. The quantitative estimate of drug-likeness (QED) is 0.810. The zero-order valence-electron chi connectivity index (χ0n) is 14.3. The Bertz CT molecular complexity index is 704. The molecule has 0 saturated carbocycles. The second kappa shape index (κ2) is 6.55. The number of hydrogen-bond acceptors (Lipinski definition) is 5. The van der Waals surface area contributed by atoms with Crippen LogP contribution in [0.15, 0.2) is 30.2 Å². The molecule has 0 spiro atoms. The first-order valence-electron chi connectivity index (χ1n) is 8.30. The molecule has 128 valence electrons. The molecule has 6 heteroatoms. The van der Waals surface area contributed by atoms with Crippen LogP contribution >= 0.6 is 0 Å². The van der Waals surface area contributed by atoms with E-state index in [1.165, 1.54) is 17.3 Å². The van der Waals surface area contributed by atoms with E-state index in [0.29, 0.717) is 25.4 Å². The topological polar surface area (TPSA) is 88.5 Å². The van der Waals surface area contributed by atoms with Crippen LogP contribution in [0.2, 0.25) is 0 Å². The van der Waals surface area contributed by atoms with Crippen LogP contribution in [0.5, 0.6) is 0 Å². The molecular weight excluding hydrogens is 302 g/mol. The van der Waals surface area contributed by atoms with Gasteiger partial charge in [-0.25, -0.2) is 0 Å². The first kappa shape index (κ1) is 16.4. The van der Waals surface area contributed by atoms with Crippen molar-refractivity contribution in [2.75, 3.05) is 13.1 Å². The second-order valence-corrected chi connectivity index (χ2v) is 6.68. The van der Waals surface area contributed by atoms with E-state index in [0.717, 1.165) is 30.2 Å². The van der Waals surface area contributed by atoms with Crippen molar-refractivity contribution < 1.29 is 4.79 Å². The van der Waals surface area contributed by atoms with Gasteiger partial charge >= 0.3 is 0 Å². The SMILES string of the molecule is Cc1cc(C)c2c(n1)CN(C(=O)CC1CN(C(/C=C\N)=C/N)C1)C2. The molecule has 2 aliphatic heterocycles. The Kier molecular flexibility index (Phi) is 4.46. The maximum absolute atomic E-state index is 12.6. The van der Waals surface area contributed by atoms with Crippen molar-refractivity contribution in [3.63, 3.8) is 0 Å². The normalized spacial score (nSPS) is 18.2. The molecule has 4 N–H and O–H groups in total. The van der Waals surface area contributed by atoms with Crippen molar-refractivity contribution in [2.45, 2.75) is 33.4 Å². The third-order valence-corrected chi connectivity index (χ3v) is 4.83. The van der Waals surface area contributed by atoms with E-state index in [-0.39, 0.29) is 5.91 Å². The Hall–Kier alpha value is -2.50. The maximum Gasteiger partial charge on any atom is 0.223 e. The summed E-state index contributed by atoms with van der Waals surface area (Å²) in [6.07, 6.45) is 5.39. The van der Waals surface area contributed by atoms with E-state index in [4.69, 9.17) is 11.5 Å². The highest BCUT2D eigenvalue weighted by Gasteiger charge is 2.33. The molecule has 0 atom stereocenters. The Morgan fingerprint density at radius 1 is 1.29 bits per heavy atom. The van der Waals surface area contributed by atoms with Gasteiger partial charge in [-0.05, 0) is 43.3 Å². The first-order chi connectivity index (χ1) is 11.5. The number of rotatable bonds is 4. The number of fused-ring (bicyclic) bond motifs is 1. The molecule has 6 nitrogen and oxygen atoms in total. The number of allylic oxidation sites excluding steroid dienone is 1. The van der Waals surface area contributed by atoms with Crippen LogP contribution in [0.3, 0.4) is 0 Å². The average Bonchev–Trinajstić information content (AvgIpc) is 2.92. The van der Waals surface area contributed by atoms with Crippen molar-refractivity contribution in [3.05, 3.63) is 52.8 Å². The van der Waals surface area contributed by atoms with Crippen LogP contribution in [0, 0.1) is 19.8 Å². The van der Waals surface area contributed by atoms with Gasteiger partial charge in [0.1, 0.15) is 0 Å². The van der Waals surface area contributed by atoms with Gasteiger partial charge < -0.3 is 21.3 Å². The number of carbonyl (C=O) groups excluding carboxylic acids is 1. The lowest BCUT2D eigenvalue weighted by Gasteiger charge is -2.41. The molecule has 1 fully saturated rings. The number of amides is 1. The van der Waals surface area contributed by atoms with Gasteiger partial charge in [-0.15, -0.1) is 0 Å². The largest absolute Gasteiger partial charge is 0.405 e. The van der Waals surface area contributed by atoms with E-state index in [9.17, 15) is 4.79 Å². The summed E-state index contributed by atoms with van der Waals surface area (Å²) in [6.45, 7) is 7.10. The molecular formula is C18H25N5O. The van der Waals surface area contributed by atoms with Crippen LogP contribution < -0.4 is 11.5 Å². The summed E-state index contributed by atoms with van der Waals surface area (Å²) in [5, 5.41) is 0. The van der Waals surface area contributed by atoms with Crippen LogP contribution in [0.25, 0.3) is 0 Å². The highest BCUT2D eigenvalue weighted by molar-refractivity contribution is 5.77. The van der Waals surface area contributed by atoms with Gasteiger partial charge in [-0.2, -0.15) is 0 Å². The van der Waals surface area contributed by atoms with E-state index in [1.807, 2.05) is 11.8 Å². The molecule has 1 amide bonds. The van der Waals surface area contributed by atoms with E-state index >= 15 is 0 Å². The number of pyridine rings is 1. The van der Waals surface area contributed by atoms with Gasteiger partial charge in [-0.1, -0.05) is 0 Å². The molecule has 0 unspecified atom stereocenters. The molecule has 0 bridgehead atoms. The van der Waals surface area contributed by atoms with Gasteiger partial charge in [-0.3, -0.25) is 9.78 Å². The lowest BCUT2D eigenvalue weighted by Crippen LogP contribution is -2.47. The molecule has 1 aromatic heterocycles. The zero-order chi connectivity index (χ0) is 17.3. The Morgan fingerprint density at radius 2 is 2.04 bits per heavy atom. The Balaban J connectivity index is 1.54. The van der Waals surface area contributed by atoms with Crippen molar-refractivity contribution in [2.24, 2.45) is 17.4 Å². The summed E-state index contributed by atoms with van der Waals surface area (Å²) in [6, 6.07) is 2.09. The van der Waals surface area contributed by atoms with Gasteiger partial charge in [0.2, 0.25) is 5.91 Å². The third kappa shape index (κ3) is 3.09. The van der Waals surface area contributed by atoms with Gasteiger partial charge in [0, 0.05) is 43.9 Å². The summed E-state index contributed by atoms with van der Waals surface area (Å²) in [5.74, 6) is 0.584. The van der Waals surface area contributed by atoms with E-state index in [1.54, 1.807) is 12.3 Å². The van der Waals surface area contributed by atoms with Gasteiger partial charge in [0.15, 0.2) is 0 Å². The lowest BCUT2D eigenvalue weighted by atomic mass is 9.95. The average molecular weight is 327 g/mol. The van der Waals surface area contributed by atoms with Crippen molar-refractivity contribution in [3.8, 4) is 0 Å². The molecule has 2 aliphatic rings. The highest BCUT2D eigenvalue weighted by Crippen LogP contribution is 2.28. The minimum Gasteiger partial charge on any atom is -0.405 e. The Labute approximate surface area is 142 Å². The van der Waals surface area contributed by atoms with Gasteiger partial charge in [0.05, 0.1) is 17.9 Å². The third-order valence-electron chi connectivity index (χ3n) is 4.83. The molecule has 0 aromatic carbocycles. The van der Waals surface area contributed by atoms with Crippen molar-refractivity contribution in [1.82, 2.24) is 14.8 Å². The molecule has 1 saturated heterocycles. The van der Waals surface area contributed by atoms with Crippen LogP contribution in [0.4, 0.5) is 0 Å². The minimum atomic E-state index is 0.211. The van der Waals surface area contributed by atoms with Crippen LogP contribution in [-0.4, -0.2) is 33.8 Å². The number of aryl methyl sites for hydroxylation is 2. The second-order valence-electron chi connectivity index (χ2n) is 6.68. The summed E-state index contributed by atoms with van der Waals surface area (Å²) < 4.78 is 0. The minimum absolute atomic E-state index is 0.211. The summed E-state index contributed by atoms with van der Waals surface area (Å²) in [5.41, 5.74) is 16.4. The number of carbonyl (C=O) groups is 1. The molecule has 3 rings (SSSR count). The zero-order valence-corrected chi connectivity index (χ0v) is 14.3. The number of nitrogens with zero attached hydrogens (tertiary/aromatic N) is 3. The lowest BCUT2D eigenvalue weighted by molar-refractivity contribution is -0.134. The van der Waals surface area contributed by atoms with Crippen molar-refractivity contribution >= 4 is 5.91 Å². The fourth-order valence-electron chi connectivity index (χ4n) is 3.54. The maximum atomic E-state index is 12.6. The molecule has 0 aliphatic carbocycles. The van der Waals surface area contributed by atoms with E-state index < -0.39 is 0 Å². The number of nitrogens with two attached hydrogens (primary N) is 2. The summed E-state index contributed by atoms with van der Waals surface area (Å²) in [7, 11) is 0. The molecule has 24 heavy (non-hydrogen) atoms. The smallest absolute Gasteiger partial charge is 0.223 e. The van der Waals surface area contributed by atoms with Crippen molar-refractivity contribution in [1.29, 1.82) is 0 Å². The standard InChI is InChI=1S/C18H25N5O/c1-12-5-13(2)21-17-11-23(10-16(12)17)18(24)6-14-8-22(9-14)15(7-20)3-4-19/h3-5,7,14H,6,8-11,19-20H2,1-2H3/b4-3-,15-7+. The monoisotopic (exact) mass is 327 g/mol. The predicted molar refractivity (Wildman–Crippen MR) is 93.2 cm³/mol. The fourth-order valence-corrected chi connectivity index (χ4v) is 3.54. The molecule has 3 heterocycles. The van der Waals surface area contributed by atoms with E-state index in [2.05, 4.69) is 22.9 Å². The number of hydrogen-bond donors (Lipinski definition) is 2. The predicted octanol–water partition coefficient (Wildman–Crippen LogP) is 1.14. The summed E-state index contributed by atoms with van der Waals surface area (Å²) >= 11 is 0. The Morgan fingerprint density at radius 3 is 2.71 bits per heavy atom. The summed E-state index contributed by atoms with van der Waals surface area (Å²) in [4.78, 5) is 21.2. The number of likely N-dealkylation sites (tertiary alicyclic amines) is 1. The van der Waals surface area contributed by atoms with Gasteiger partial charge in [0.25, 0.3) is 0 Å².